The molecule has 0 aromatic carbocycles. The molecule has 14 heavy (non-hydrogen) atoms. The number of methoxy groups -OCH3 is 1. The largest absolute Gasteiger partial charge is 0.481 e. The molecule has 1 aromatic heterocycles. The van der Waals surface area contributed by atoms with Crippen molar-refractivity contribution >= 4 is 0 Å². The number of pyridine rings is 1. The molecule has 1 aromatic rings. The van der Waals surface area contributed by atoms with Crippen LogP contribution in [0.3, 0.4) is 0 Å². The molecule has 76 valence electrons. The Balaban J connectivity index is 2.20. The molecule has 1 unspecified atom stereocenters. The summed E-state index contributed by atoms with van der Waals surface area (Å²) in [5.41, 5.74) is 1.24. The van der Waals surface area contributed by atoms with Crippen molar-refractivity contribution in [2.24, 2.45) is 0 Å². The lowest BCUT2D eigenvalue weighted by atomic mass is 9.92. The molecule has 1 atom stereocenters. The molecule has 1 N–H and O–H groups in total. The third kappa shape index (κ3) is 1.87. The molecule has 1 aliphatic heterocycles. The van der Waals surface area contributed by atoms with E-state index < -0.39 is 0 Å². The van der Waals surface area contributed by atoms with Crippen LogP contribution >= 0.6 is 0 Å². The Labute approximate surface area is 84.5 Å². The molecule has 1 fully saturated rings. The molecular formula is C11H16N2O. The maximum atomic E-state index is 5.26. The predicted molar refractivity (Wildman–Crippen MR) is 55.6 cm³/mol. The van der Waals surface area contributed by atoms with Gasteiger partial charge < -0.3 is 10.1 Å². The van der Waals surface area contributed by atoms with Gasteiger partial charge in [-0.3, -0.25) is 0 Å². The van der Waals surface area contributed by atoms with E-state index in [1.165, 1.54) is 18.4 Å². The van der Waals surface area contributed by atoms with Crippen molar-refractivity contribution in [1.82, 2.24) is 10.3 Å². The zero-order chi connectivity index (χ0) is 9.80. The fourth-order valence-corrected chi connectivity index (χ4v) is 2.00. The van der Waals surface area contributed by atoms with Gasteiger partial charge in [0.25, 0.3) is 0 Å². The number of piperidine rings is 1. The van der Waals surface area contributed by atoms with Gasteiger partial charge >= 0.3 is 0 Å². The Kier molecular flexibility index (Phi) is 2.99. The normalized spacial score (nSPS) is 21.9. The van der Waals surface area contributed by atoms with E-state index in [9.17, 15) is 0 Å². The van der Waals surface area contributed by atoms with Crippen molar-refractivity contribution in [2.45, 2.75) is 18.8 Å². The van der Waals surface area contributed by atoms with Gasteiger partial charge in [-0.25, -0.2) is 4.98 Å². The van der Waals surface area contributed by atoms with E-state index in [-0.39, 0.29) is 0 Å². The lowest BCUT2D eigenvalue weighted by Crippen LogP contribution is -2.28. The van der Waals surface area contributed by atoms with Crippen LogP contribution in [0.15, 0.2) is 18.3 Å². The van der Waals surface area contributed by atoms with E-state index in [0.29, 0.717) is 5.92 Å². The van der Waals surface area contributed by atoms with Crippen molar-refractivity contribution in [3.05, 3.63) is 23.9 Å². The number of rotatable bonds is 2. The van der Waals surface area contributed by atoms with Crippen LogP contribution in [0, 0.1) is 0 Å². The van der Waals surface area contributed by atoms with Crippen LogP contribution in [-0.4, -0.2) is 25.2 Å². The number of aromatic nitrogens is 1. The van der Waals surface area contributed by atoms with Crippen LogP contribution in [0.5, 0.6) is 5.88 Å². The highest BCUT2D eigenvalue weighted by Gasteiger charge is 2.18. The second kappa shape index (κ2) is 4.42. The average Bonchev–Trinajstić information content (AvgIpc) is 2.30. The average molecular weight is 192 g/mol. The first kappa shape index (κ1) is 9.46. The summed E-state index contributed by atoms with van der Waals surface area (Å²) >= 11 is 0. The lowest BCUT2D eigenvalue weighted by molar-refractivity contribution is 0.377. The lowest BCUT2D eigenvalue weighted by Gasteiger charge is -2.23. The topological polar surface area (TPSA) is 34.1 Å². The Hall–Kier alpha value is -1.09. The van der Waals surface area contributed by atoms with Gasteiger partial charge in [-0.05, 0) is 25.5 Å². The van der Waals surface area contributed by atoms with Crippen molar-refractivity contribution in [1.29, 1.82) is 0 Å². The molecule has 0 amide bonds. The van der Waals surface area contributed by atoms with Crippen molar-refractivity contribution in [2.75, 3.05) is 20.2 Å². The first-order valence-electron chi connectivity index (χ1n) is 5.11. The number of nitrogens with zero attached hydrogens (tertiary/aromatic N) is 1. The molecule has 0 radical (unpaired) electrons. The van der Waals surface area contributed by atoms with Gasteiger partial charge in [0.1, 0.15) is 0 Å². The zero-order valence-electron chi connectivity index (χ0n) is 8.49. The van der Waals surface area contributed by atoms with Crippen LogP contribution < -0.4 is 10.1 Å². The van der Waals surface area contributed by atoms with E-state index in [2.05, 4.69) is 16.4 Å². The quantitative estimate of drug-likeness (QED) is 0.772. The number of nitrogens with one attached hydrogen (secondary N) is 1. The standard InChI is InChI=1S/C11H16N2O/c1-14-11-10(5-3-7-13-11)9-4-2-6-12-8-9/h3,5,7,9,12H,2,4,6,8H2,1H3. The Morgan fingerprint density at radius 3 is 3.21 bits per heavy atom. The predicted octanol–water partition coefficient (Wildman–Crippen LogP) is 1.56. The molecule has 0 bridgehead atoms. The SMILES string of the molecule is COc1ncccc1C1CCCNC1. The van der Waals surface area contributed by atoms with Crippen molar-refractivity contribution in [3.63, 3.8) is 0 Å². The summed E-state index contributed by atoms with van der Waals surface area (Å²) in [5, 5.41) is 3.40. The minimum Gasteiger partial charge on any atom is -0.481 e. The summed E-state index contributed by atoms with van der Waals surface area (Å²) in [5.74, 6) is 1.34. The fraction of sp³-hybridized carbons (Fsp3) is 0.545. The monoisotopic (exact) mass is 192 g/mol. The molecule has 0 spiro atoms. The molecular weight excluding hydrogens is 176 g/mol. The summed E-state index contributed by atoms with van der Waals surface area (Å²) in [7, 11) is 1.68. The molecule has 3 nitrogen and oxygen atoms in total. The van der Waals surface area contributed by atoms with Crippen LogP contribution in [0.25, 0.3) is 0 Å². The van der Waals surface area contributed by atoms with E-state index in [0.717, 1.165) is 19.0 Å². The summed E-state index contributed by atoms with van der Waals surface area (Å²) in [6, 6.07) is 4.09. The third-order valence-electron chi connectivity index (χ3n) is 2.73. The Morgan fingerprint density at radius 1 is 1.57 bits per heavy atom. The summed E-state index contributed by atoms with van der Waals surface area (Å²) in [6.45, 7) is 2.18. The van der Waals surface area contributed by atoms with Crippen molar-refractivity contribution < 1.29 is 4.74 Å². The molecule has 2 rings (SSSR count). The second-order valence-electron chi connectivity index (χ2n) is 3.65. The molecule has 0 aliphatic carbocycles. The Morgan fingerprint density at radius 2 is 2.50 bits per heavy atom. The fourth-order valence-electron chi connectivity index (χ4n) is 2.00. The van der Waals surface area contributed by atoms with Crippen LogP contribution in [0.2, 0.25) is 0 Å². The Bertz CT molecular complexity index is 295. The molecule has 3 heteroatoms. The third-order valence-corrected chi connectivity index (χ3v) is 2.73. The van der Waals surface area contributed by atoms with E-state index >= 15 is 0 Å². The molecule has 0 saturated carbocycles. The smallest absolute Gasteiger partial charge is 0.216 e. The first-order chi connectivity index (χ1) is 6.92. The summed E-state index contributed by atoms with van der Waals surface area (Å²) in [4.78, 5) is 4.22. The minimum atomic E-state index is 0.562. The number of ether oxygens (including phenoxy) is 1. The highest BCUT2D eigenvalue weighted by molar-refractivity contribution is 5.29. The van der Waals surface area contributed by atoms with Gasteiger partial charge in [-0.15, -0.1) is 0 Å². The maximum Gasteiger partial charge on any atom is 0.216 e. The van der Waals surface area contributed by atoms with Gasteiger partial charge in [-0.1, -0.05) is 6.07 Å². The van der Waals surface area contributed by atoms with Gasteiger partial charge in [0.15, 0.2) is 0 Å². The highest BCUT2D eigenvalue weighted by Crippen LogP contribution is 2.28. The van der Waals surface area contributed by atoms with Crippen LogP contribution in [-0.2, 0) is 0 Å². The first-order valence-corrected chi connectivity index (χ1v) is 5.11. The van der Waals surface area contributed by atoms with Gasteiger partial charge in [0.05, 0.1) is 7.11 Å². The van der Waals surface area contributed by atoms with Crippen LogP contribution in [0.4, 0.5) is 0 Å². The molecule has 1 saturated heterocycles. The van der Waals surface area contributed by atoms with Gasteiger partial charge in [-0.2, -0.15) is 0 Å². The minimum absolute atomic E-state index is 0.562. The molecule has 1 aliphatic rings. The molecule has 2 heterocycles. The highest BCUT2D eigenvalue weighted by atomic mass is 16.5. The number of hydrogen-bond donors (Lipinski definition) is 1. The van der Waals surface area contributed by atoms with Gasteiger partial charge in [0, 0.05) is 24.2 Å². The van der Waals surface area contributed by atoms with Crippen molar-refractivity contribution in [3.8, 4) is 5.88 Å². The van der Waals surface area contributed by atoms with E-state index in [4.69, 9.17) is 4.74 Å². The zero-order valence-corrected chi connectivity index (χ0v) is 8.49. The van der Waals surface area contributed by atoms with Crippen LogP contribution in [0.1, 0.15) is 24.3 Å². The van der Waals surface area contributed by atoms with E-state index in [1.807, 2.05) is 6.07 Å². The summed E-state index contributed by atoms with van der Waals surface area (Å²) < 4.78 is 5.26. The van der Waals surface area contributed by atoms with Gasteiger partial charge in [0.2, 0.25) is 5.88 Å². The second-order valence-corrected chi connectivity index (χ2v) is 3.65. The maximum absolute atomic E-state index is 5.26. The number of hydrogen-bond acceptors (Lipinski definition) is 3. The summed E-state index contributed by atoms with van der Waals surface area (Å²) in [6.07, 6.45) is 4.25. The van der Waals surface area contributed by atoms with E-state index in [1.54, 1.807) is 13.3 Å².